The Hall–Kier alpha value is -3.60. The van der Waals surface area contributed by atoms with Gasteiger partial charge in [-0.2, -0.15) is 0 Å². The van der Waals surface area contributed by atoms with E-state index in [1.165, 1.54) is 24.5 Å². The third kappa shape index (κ3) is 6.19. The highest BCUT2D eigenvalue weighted by molar-refractivity contribution is 5.94. The van der Waals surface area contributed by atoms with Crippen LogP contribution in [0.2, 0.25) is 0 Å². The number of esters is 1. The lowest BCUT2D eigenvalue weighted by molar-refractivity contribution is -0.143. The number of ether oxygens (including phenoxy) is 3. The minimum Gasteiger partial charge on any atom is -0.460 e. The van der Waals surface area contributed by atoms with Crippen LogP contribution in [0.25, 0.3) is 11.1 Å². The molecule has 0 aliphatic carbocycles. The van der Waals surface area contributed by atoms with Gasteiger partial charge in [-0.25, -0.2) is 14.4 Å². The van der Waals surface area contributed by atoms with Gasteiger partial charge in [0.15, 0.2) is 6.61 Å². The van der Waals surface area contributed by atoms with Crippen molar-refractivity contribution in [1.29, 1.82) is 5.41 Å². The van der Waals surface area contributed by atoms with Gasteiger partial charge < -0.3 is 24.8 Å². The zero-order valence-electron chi connectivity index (χ0n) is 16.7. The van der Waals surface area contributed by atoms with Crippen LogP contribution in [-0.4, -0.2) is 65.5 Å². The highest BCUT2D eigenvalue weighted by Crippen LogP contribution is 2.25. The normalized spacial score (nSPS) is 13.5. The van der Waals surface area contributed by atoms with E-state index in [-0.39, 0.29) is 48.5 Å². The molecular formula is C20H22FN5O5. The van der Waals surface area contributed by atoms with Crippen LogP contribution in [0.3, 0.4) is 0 Å². The molecule has 0 radical (unpaired) electrons. The van der Waals surface area contributed by atoms with Crippen LogP contribution in [0.1, 0.15) is 12.0 Å². The van der Waals surface area contributed by atoms with Crippen molar-refractivity contribution in [2.75, 3.05) is 32.9 Å². The molecule has 1 amide bonds. The molecule has 1 saturated heterocycles. The van der Waals surface area contributed by atoms with Crippen LogP contribution in [0, 0.1) is 11.2 Å². The van der Waals surface area contributed by atoms with Gasteiger partial charge in [-0.1, -0.05) is 18.2 Å². The lowest BCUT2D eigenvalue weighted by Gasteiger charge is -2.26. The Balaban J connectivity index is 1.60. The summed E-state index contributed by atoms with van der Waals surface area (Å²) in [6.07, 6.45) is 2.40. The first kappa shape index (κ1) is 22.1. The molecule has 3 rings (SSSR count). The van der Waals surface area contributed by atoms with Gasteiger partial charge in [0.1, 0.15) is 24.7 Å². The number of benzene rings is 1. The molecule has 31 heavy (non-hydrogen) atoms. The minimum absolute atomic E-state index is 0.0000787. The largest absolute Gasteiger partial charge is 0.460 e. The quantitative estimate of drug-likeness (QED) is 0.357. The van der Waals surface area contributed by atoms with Crippen LogP contribution in [0.4, 0.5) is 4.39 Å². The number of carbonyl (C=O) groups is 2. The summed E-state index contributed by atoms with van der Waals surface area (Å²) in [4.78, 5) is 33.3. The van der Waals surface area contributed by atoms with E-state index in [0.29, 0.717) is 31.9 Å². The van der Waals surface area contributed by atoms with E-state index < -0.39 is 11.8 Å². The Morgan fingerprint density at radius 1 is 1.23 bits per heavy atom. The maximum Gasteiger partial charge on any atom is 0.316 e. The van der Waals surface area contributed by atoms with Crippen molar-refractivity contribution in [2.45, 2.75) is 13.0 Å². The first-order valence-corrected chi connectivity index (χ1v) is 9.50. The number of aromatic nitrogens is 2. The Bertz CT molecular complexity index is 947. The summed E-state index contributed by atoms with van der Waals surface area (Å²) >= 11 is 0. The highest BCUT2D eigenvalue weighted by atomic mass is 19.1. The molecule has 1 aliphatic heterocycles. The second-order valence-corrected chi connectivity index (χ2v) is 6.68. The number of morpholine rings is 1. The molecule has 1 fully saturated rings. The summed E-state index contributed by atoms with van der Waals surface area (Å²) in [6, 6.07) is 4.63. The minimum atomic E-state index is -0.714. The topological polar surface area (TPSA) is 141 Å². The van der Waals surface area contributed by atoms with E-state index in [4.69, 9.17) is 25.4 Å². The average molecular weight is 431 g/mol. The van der Waals surface area contributed by atoms with Crippen molar-refractivity contribution in [3.63, 3.8) is 0 Å². The third-order valence-corrected chi connectivity index (χ3v) is 4.43. The van der Waals surface area contributed by atoms with E-state index in [9.17, 15) is 14.0 Å². The predicted molar refractivity (Wildman–Crippen MR) is 107 cm³/mol. The first-order valence-electron chi connectivity index (χ1n) is 9.50. The molecule has 2 aromatic rings. The molecular weight excluding hydrogens is 409 g/mol. The number of nitrogens with one attached hydrogen (secondary N) is 1. The van der Waals surface area contributed by atoms with Crippen molar-refractivity contribution >= 4 is 17.7 Å². The van der Waals surface area contributed by atoms with Crippen LogP contribution >= 0.6 is 0 Å². The fourth-order valence-electron chi connectivity index (χ4n) is 2.84. The summed E-state index contributed by atoms with van der Waals surface area (Å²) in [6.45, 7) is 1.53. The van der Waals surface area contributed by atoms with Gasteiger partial charge >= 0.3 is 12.0 Å². The second kappa shape index (κ2) is 10.4. The first-order chi connectivity index (χ1) is 14.9. The van der Waals surface area contributed by atoms with Crippen LogP contribution < -0.4 is 10.5 Å². The van der Waals surface area contributed by atoms with Crippen molar-refractivity contribution in [3.05, 3.63) is 42.0 Å². The number of hydrogen-bond donors (Lipinski definition) is 2. The van der Waals surface area contributed by atoms with E-state index >= 15 is 0 Å². The van der Waals surface area contributed by atoms with Gasteiger partial charge in [0.25, 0.3) is 5.91 Å². The van der Waals surface area contributed by atoms with Crippen LogP contribution in [0.5, 0.6) is 6.01 Å². The number of amides is 1. The van der Waals surface area contributed by atoms with Crippen molar-refractivity contribution in [2.24, 2.45) is 5.73 Å². The van der Waals surface area contributed by atoms with Gasteiger partial charge in [-0.15, -0.1) is 0 Å². The van der Waals surface area contributed by atoms with Crippen molar-refractivity contribution < 1.29 is 28.2 Å². The van der Waals surface area contributed by atoms with E-state index in [0.717, 1.165) is 0 Å². The summed E-state index contributed by atoms with van der Waals surface area (Å²) in [5.74, 6) is -1.81. The van der Waals surface area contributed by atoms with E-state index in [1.807, 2.05) is 0 Å². The Kier molecular flexibility index (Phi) is 7.44. The maximum absolute atomic E-state index is 14.8. The van der Waals surface area contributed by atoms with E-state index in [2.05, 4.69) is 9.97 Å². The smallest absolute Gasteiger partial charge is 0.316 e. The highest BCUT2D eigenvalue weighted by Gasteiger charge is 2.18. The van der Waals surface area contributed by atoms with Gasteiger partial charge in [0, 0.05) is 42.2 Å². The maximum atomic E-state index is 14.8. The lowest BCUT2D eigenvalue weighted by atomic mass is 10.1. The SMILES string of the molecule is N=C(N)CC(=O)OCc1cccc(-c2cnc(OCC(=O)N3CCOCC3)nc2)c1F. The molecule has 10 nitrogen and oxygen atoms in total. The fraction of sp³-hybridized carbons (Fsp3) is 0.350. The summed E-state index contributed by atoms with van der Waals surface area (Å²) < 4.78 is 30.3. The number of nitrogens with zero attached hydrogens (tertiary/aromatic N) is 3. The van der Waals surface area contributed by atoms with Gasteiger partial charge in [0.2, 0.25) is 0 Å². The molecule has 0 atom stereocenters. The number of carbonyl (C=O) groups excluding carboxylic acids is 2. The van der Waals surface area contributed by atoms with E-state index in [1.54, 1.807) is 11.0 Å². The molecule has 164 valence electrons. The summed E-state index contributed by atoms with van der Waals surface area (Å²) in [7, 11) is 0. The molecule has 2 heterocycles. The molecule has 1 aliphatic rings. The molecule has 1 aromatic carbocycles. The van der Waals surface area contributed by atoms with Gasteiger partial charge in [-0.3, -0.25) is 15.0 Å². The van der Waals surface area contributed by atoms with Gasteiger partial charge in [-0.05, 0) is 0 Å². The molecule has 0 saturated carbocycles. The number of halogens is 1. The Labute approximate surface area is 177 Å². The number of nitrogens with two attached hydrogens (primary N) is 1. The number of hydrogen-bond acceptors (Lipinski definition) is 8. The van der Waals surface area contributed by atoms with Gasteiger partial charge in [0.05, 0.1) is 13.2 Å². The fourth-order valence-corrected chi connectivity index (χ4v) is 2.84. The molecule has 0 unspecified atom stereocenters. The predicted octanol–water partition coefficient (Wildman–Crippen LogP) is 0.890. The lowest BCUT2D eigenvalue weighted by Crippen LogP contribution is -2.43. The molecule has 0 bridgehead atoms. The average Bonchev–Trinajstić information content (AvgIpc) is 2.77. The third-order valence-electron chi connectivity index (χ3n) is 4.43. The zero-order valence-corrected chi connectivity index (χ0v) is 16.7. The molecule has 0 spiro atoms. The second-order valence-electron chi connectivity index (χ2n) is 6.68. The molecule has 1 aromatic heterocycles. The van der Waals surface area contributed by atoms with Crippen LogP contribution in [-0.2, 0) is 25.7 Å². The zero-order chi connectivity index (χ0) is 22.2. The standard InChI is InChI=1S/C20H22FN5O5/c21-19-13(11-30-18(28)8-16(22)23)2-1-3-15(19)14-9-24-20(25-10-14)31-12-17(27)26-4-6-29-7-5-26/h1-3,9-10H,4-8,11-12H2,(H3,22,23). The monoisotopic (exact) mass is 431 g/mol. The molecule has 11 heteroatoms. The Morgan fingerprint density at radius 2 is 1.94 bits per heavy atom. The van der Waals surface area contributed by atoms with Crippen molar-refractivity contribution in [1.82, 2.24) is 14.9 Å². The number of rotatable bonds is 8. The number of amidine groups is 1. The van der Waals surface area contributed by atoms with Crippen molar-refractivity contribution in [3.8, 4) is 17.1 Å². The van der Waals surface area contributed by atoms with Crippen LogP contribution in [0.15, 0.2) is 30.6 Å². The Morgan fingerprint density at radius 3 is 2.61 bits per heavy atom. The summed E-state index contributed by atoms with van der Waals surface area (Å²) in [5.41, 5.74) is 5.91. The summed E-state index contributed by atoms with van der Waals surface area (Å²) in [5, 5.41) is 7.07. The molecule has 3 N–H and O–H groups in total.